The van der Waals surface area contributed by atoms with E-state index in [1.54, 1.807) is 14.0 Å². The second-order valence-corrected chi connectivity index (χ2v) is 8.99. The van der Waals surface area contributed by atoms with Crippen LogP contribution in [0, 0.1) is 0 Å². The van der Waals surface area contributed by atoms with Gasteiger partial charge in [0.1, 0.15) is 5.75 Å². The third-order valence-corrected chi connectivity index (χ3v) is 6.98. The SMILES string of the molecule is CCOC(=O)C1=C(CN2CCN(C3CCCCC3)CC2)NC(=O)NC1c1ccccc1OC. The van der Waals surface area contributed by atoms with Crippen molar-refractivity contribution in [2.45, 2.75) is 51.1 Å². The van der Waals surface area contributed by atoms with Gasteiger partial charge < -0.3 is 20.1 Å². The number of piperazine rings is 1. The minimum atomic E-state index is -0.632. The number of hydrogen-bond donors (Lipinski definition) is 2. The van der Waals surface area contributed by atoms with Crippen LogP contribution in [0.4, 0.5) is 4.79 Å². The summed E-state index contributed by atoms with van der Waals surface area (Å²) < 4.78 is 10.9. The van der Waals surface area contributed by atoms with Crippen LogP contribution in [0.5, 0.6) is 5.75 Å². The van der Waals surface area contributed by atoms with Crippen LogP contribution < -0.4 is 15.4 Å². The van der Waals surface area contributed by atoms with E-state index in [2.05, 4.69) is 20.4 Å². The number of nitrogens with one attached hydrogen (secondary N) is 2. The molecule has 1 aromatic rings. The van der Waals surface area contributed by atoms with Gasteiger partial charge in [-0.3, -0.25) is 9.80 Å². The predicted molar refractivity (Wildman–Crippen MR) is 126 cm³/mol. The highest BCUT2D eigenvalue weighted by Gasteiger charge is 2.36. The summed E-state index contributed by atoms with van der Waals surface area (Å²) in [7, 11) is 1.59. The Bertz CT molecular complexity index is 873. The van der Waals surface area contributed by atoms with Gasteiger partial charge in [0.25, 0.3) is 0 Å². The lowest BCUT2D eigenvalue weighted by Crippen LogP contribution is -2.53. The van der Waals surface area contributed by atoms with Crippen LogP contribution in [0.2, 0.25) is 0 Å². The van der Waals surface area contributed by atoms with E-state index in [9.17, 15) is 9.59 Å². The van der Waals surface area contributed by atoms with Crippen molar-refractivity contribution in [3.63, 3.8) is 0 Å². The van der Waals surface area contributed by atoms with E-state index in [1.807, 2.05) is 24.3 Å². The first kappa shape index (κ1) is 23.6. The number of ether oxygens (including phenoxy) is 2. The first-order valence-electron chi connectivity index (χ1n) is 12.2. The standard InChI is InChI=1S/C25H36N4O4/c1-3-33-24(30)22-20(17-28-13-15-29(16-14-28)18-9-5-4-6-10-18)26-25(31)27-23(22)19-11-7-8-12-21(19)32-2/h7-8,11-12,18,23H,3-6,9-10,13-17H2,1-2H3,(H2,26,27,31). The van der Waals surface area contributed by atoms with Crippen LogP contribution in [-0.2, 0) is 9.53 Å². The maximum Gasteiger partial charge on any atom is 0.338 e. The number of nitrogens with zero attached hydrogens (tertiary/aromatic N) is 2. The van der Waals surface area contributed by atoms with Crippen molar-refractivity contribution in [3.8, 4) is 5.75 Å². The van der Waals surface area contributed by atoms with E-state index in [4.69, 9.17) is 9.47 Å². The Morgan fingerprint density at radius 3 is 2.52 bits per heavy atom. The average molecular weight is 457 g/mol. The van der Waals surface area contributed by atoms with Crippen molar-refractivity contribution in [2.24, 2.45) is 0 Å². The smallest absolute Gasteiger partial charge is 0.338 e. The van der Waals surface area contributed by atoms with E-state index in [0.29, 0.717) is 29.6 Å². The van der Waals surface area contributed by atoms with Crippen molar-refractivity contribution in [2.75, 3.05) is 46.4 Å². The van der Waals surface area contributed by atoms with Gasteiger partial charge in [-0.1, -0.05) is 37.5 Å². The zero-order chi connectivity index (χ0) is 23.2. The quantitative estimate of drug-likeness (QED) is 0.614. The second kappa shape index (κ2) is 11.0. The molecule has 1 unspecified atom stereocenters. The molecule has 2 aliphatic heterocycles. The average Bonchev–Trinajstić information content (AvgIpc) is 2.84. The number of carbonyl (C=O) groups is 2. The molecule has 0 bridgehead atoms. The molecule has 1 aliphatic carbocycles. The number of para-hydroxylation sites is 1. The fourth-order valence-corrected chi connectivity index (χ4v) is 5.29. The van der Waals surface area contributed by atoms with Gasteiger partial charge in [0.15, 0.2) is 0 Å². The van der Waals surface area contributed by atoms with Crippen molar-refractivity contribution in [1.29, 1.82) is 0 Å². The molecule has 4 rings (SSSR count). The minimum absolute atomic E-state index is 0.266. The Morgan fingerprint density at radius 1 is 1.09 bits per heavy atom. The van der Waals surface area contributed by atoms with Crippen molar-refractivity contribution < 1.29 is 19.1 Å². The first-order chi connectivity index (χ1) is 16.1. The van der Waals surface area contributed by atoms with Gasteiger partial charge in [0.2, 0.25) is 0 Å². The number of methoxy groups -OCH3 is 1. The van der Waals surface area contributed by atoms with Gasteiger partial charge in [-0.05, 0) is 25.8 Å². The normalized spacial score (nSPS) is 23.1. The zero-order valence-corrected chi connectivity index (χ0v) is 19.8. The molecule has 2 fully saturated rings. The topological polar surface area (TPSA) is 83.1 Å². The molecule has 33 heavy (non-hydrogen) atoms. The molecule has 1 saturated heterocycles. The Kier molecular flexibility index (Phi) is 7.88. The van der Waals surface area contributed by atoms with Crippen LogP contribution in [0.3, 0.4) is 0 Å². The Labute approximate surface area is 196 Å². The van der Waals surface area contributed by atoms with E-state index < -0.39 is 12.0 Å². The lowest BCUT2D eigenvalue weighted by Gasteiger charge is -2.41. The highest BCUT2D eigenvalue weighted by atomic mass is 16.5. The summed E-state index contributed by atoms with van der Waals surface area (Å²) in [5.74, 6) is 0.198. The van der Waals surface area contributed by atoms with Gasteiger partial charge >= 0.3 is 12.0 Å². The monoisotopic (exact) mass is 456 g/mol. The highest BCUT2D eigenvalue weighted by Crippen LogP contribution is 2.34. The van der Waals surface area contributed by atoms with E-state index in [0.717, 1.165) is 31.7 Å². The molecule has 0 radical (unpaired) electrons. The fraction of sp³-hybridized carbons (Fsp3) is 0.600. The lowest BCUT2D eigenvalue weighted by molar-refractivity contribution is -0.139. The van der Waals surface area contributed by atoms with Crippen molar-refractivity contribution in [1.82, 2.24) is 20.4 Å². The number of urea groups is 1. The minimum Gasteiger partial charge on any atom is -0.496 e. The van der Waals surface area contributed by atoms with Crippen molar-refractivity contribution in [3.05, 3.63) is 41.1 Å². The van der Waals surface area contributed by atoms with Crippen LogP contribution in [-0.4, -0.2) is 74.3 Å². The molecule has 1 saturated carbocycles. The molecule has 0 spiro atoms. The predicted octanol–water partition coefficient (Wildman–Crippen LogP) is 2.82. The van der Waals surface area contributed by atoms with E-state index in [-0.39, 0.29) is 12.6 Å². The molecule has 180 valence electrons. The number of carbonyl (C=O) groups excluding carboxylic acids is 2. The number of benzene rings is 1. The van der Waals surface area contributed by atoms with Crippen LogP contribution in [0.1, 0.15) is 50.6 Å². The molecule has 1 atom stereocenters. The number of rotatable bonds is 7. The van der Waals surface area contributed by atoms with Crippen LogP contribution in [0.25, 0.3) is 0 Å². The second-order valence-electron chi connectivity index (χ2n) is 8.99. The molecule has 8 nitrogen and oxygen atoms in total. The molecule has 0 aromatic heterocycles. The molecule has 8 heteroatoms. The van der Waals surface area contributed by atoms with Gasteiger partial charge in [-0.2, -0.15) is 0 Å². The van der Waals surface area contributed by atoms with Crippen molar-refractivity contribution >= 4 is 12.0 Å². The van der Waals surface area contributed by atoms with E-state index in [1.165, 1.54) is 32.1 Å². The van der Waals surface area contributed by atoms with Gasteiger partial charge in [0, 0.05) is 50.0 Å². The molecule has 2 heterocycles. The van der Waals surface area contributed by atoms with E-state index >= 15 is 0 Å². The molecular weight excluding hydrogens is 420 g/mol. The summed E-state index contributed by atoms with van der Waals surface area (Å²) in [5, 5.41) is 5.80. The Balaban J connectivity index is 1.55. The summed E-state index contributed by atoms with van der Waals surface area (Å²) in [6.07, 6.45) is 6.65. The van der Waals surface area contributed by atoms with Gasteiger partial charge in [-0.15, -0.1) is 0 Å². The number of amides is 2. The molecule has 2 amide bonds. The first-order valence-corrected chi connectivity index (χ1v) is 12.2. The summed E-state index contributed by atoms with van der Waals surface area (Å²) in [6.45, 7) is 6.44. The summed E-state index contributed by atoms with van der Waals surface area (Å²) in [6, 6.07) is 7.20. The zero-order valence-electron chi connectivity index (χ0n) is 19.8. The highest BCUT2D eigenvalue weighted by molar-refractivity contribution is 5.95. The third kappa shape index (κ3) is 5.50. The summed E-state index contributed by atoms with van der Waals surface area (Å²) in [5.41, 5.74) is 1.78. The van der Waals surface area contributed by atoms with Gasteiger partial charge in [0.05, 0.1) is 25.3 Å². The lowest BCUT2D eigenvalue weighted by atomic mass is 9.93. The summed E-state index contributed by atoms with van der Waals surface area (Å²) in [4.78, 5) is 30.6. The van der Waals surface area contributed by atoms with Crippen LogP contribution >= 0.6 is 0 Å². The Morgan fingerprint density at radius 2 is 1.82 bits per heavy atom. The maximum atomic E-state index is 13.1. The third-order valence-electron chi connectivity index (χ3n) is 6.98. The Hall–Kier alpha value is -2.58. The molecule has 1 aromatic carbocycles. The maximum absolute atomic E-state index is 13.1. The molecule has 2 N–H and O–H groups in total. The largest absolute Gasteiger partial charge is 0.496 e. The molecular formula is C25H36N4O4. The van der Waals surface area contributed by atoms with Gasteiger partial charge in [-0.25, -0.2) is 9.59 Å². The van der Waals surface area contributed by atoms with Crippen LogP contribution in [0.15, 0.2) is 35.5 Å². The number of hydrogen-bond acceptors (Lipinski definition) is 6. The summed E-state index contributed by atoms with van der Waals surface area (Å²) >= 11 is 0. The fourth-order valence-electron chi connectivity index (χ4n) is 5.29. The number of esters is 1. The molecule has 3 aliphatic rings.